The van der Waals surface area contributed by atoms with E-state index in [1.165, 1.54) is 41.5 Å². The highest BCUT2D eigenvalue weighted by Gasteiger charge is 2.40. The second-order valence-electron chi connectivity index (χ2n) is 10.2. The van der Waals surface area contributed by atoms with E-state index in [1.807, 2.05) is 18.2 Å². The second-order valence-corrected chi connectivity index (χ2v) is 10.2. The van der Waals surface area contributed by atoms with E-state index < -0.39 is 0 Å². The van der Waals surface area contributed by atoms with E-state index in [2.05, 4.69) is 123 Å². The van der Waals surface area contributed by atoms with Crippen LogP contribution >= 0.6 is 0 Å². The van der Waals surface area contributed by atoms with Gasteiger partial charge in [0.25, 0.3) is 0 Å². The molecular weight excluding hydrogens is 434 g/mol. The molecule has 1 nitrogen and oxygen atoms in total. The van der Waals surface area contributed by atoms with Crippen molar-refractivity contribution in [3.05, 3.63) is 156 Å². The molecule has 4 aromatic rings. The highest BCUT2D eigenvalue weighted by molar-refractivity contribution is 5.41. The zero-order valence-corrected chi connectivity index (χ0v) is 21.5. The molecule has 4 aromatic carbocycles. The first-order valence-electron chi connectivity index (χ1n) is 13.2. The lowest BCUT2D eigenvalue weighted by molar-refractivity contribution is 0.503. The minimum Gasteiger partial charge on any atom is -0.329 e. The minimum atomic E-state index is -0.162. The molecule has 1 unspecified atom stereocenters. The van der Waals surface area contributed by atoms with E-state index in [-0.39, 0.29) is 10.8 Å². The van der Waals surface area contributed by atoms with Gasteiger partial charge in [-0.3, -0.25) is 0 Å². The molecule has 184 valence electrons. The smallest absolute Gasteiger partial charge is 0.0359 e. The van der Waals surface area contributed by atoms with Crippen molar-refractivity contribution in [2.45, 2.75) is 43.4 Å². The predicted octanol–water partition coefficient (Wildman–Crippen LogP) is 8.30. The molecule has 0 radical (unpaired) electrons. The number of rotatable bonds is 7. The number of benzene rings is 4. The first-order valence-corrected chi connectivity index (χ1v) is 13.2. The average molecular weight is 474 g/mol. The Bertz CT molecular complexity index is 1100. The van der Waals surface area contributed by atoms with E-state index in [9.17, 15) is 0 Å². The van der Waals surface area contributed by atoms with Gasteiger partial charge >= 0.3 is 0 Å². The maximum absolute atomic E-state index is 6.11. The fraction of sp³-hybridized carbons (Fsp3) is 0.257. The van der Waals surface area contributed by atoms with Crippen LogP contribution in [0.3, 0.4) is 0 Å². The van der Waals surface area contributed by atoms with E-state index in [4.69, 9.17) is 5.73 Å². The highest BCUT2D eigenvalue weighted by Crippen LogP contribution is 2.48. The van der Waals surface area contributed by atoms with Gasteiger partial charge in [-0.1, -0.05) is 134 Å². The Hall–Kier alpha value is -3.42. The first kappa shape index (κ1) is 25.7. The van der Waals surface area contributed by atoms with Gasteiger partial charge in [-0.2, -0.15) is 0 Å². The zero-order chi connectivity index (χ0) is 25.3. The molecule has 0 aliphatic heterocycles. The van der Waals surface area contributed by atoms with Gasteiger partial charge in [0.05, 0.1) is 0 Å². The summed E-state index contributed by atoms with van der Waals surface area (Å²) in [5.41, 5.74) is 11.7. The van der Waals surface area contributed by atoms with E-state index >= 15 is 0 Å². The fourth-order valence-electron chi connectivity index (χ4n) is 5.98. The molecule has 2 N–H and O–H groups in total. The molecule has 0 saturated heterocycles. The monoisotopic (exact) mass is 473 g/mol. The van der Waals surface area contributed by atoms with Gasteiger partial charge in [-0.15, -0.1) is 6.58 Å². The summed E-state index contributed by atoms with van der Waals surface area (Å²) >= 11 is 0. The molecule has 0 bridgehead atoms. The van der Waals surface area contributed by atoms with Crippen molar-refractivity contribution in [1.82, 2.24) is 0 Å². The van der Waals surface area contributed by atoms with E-state index in [1.54, 1.807) is 0 Å². The standard InChI is InChI=1S/C18H20.C17H19N/c1-15-12-13-18(14-15,16-8-4-2-5-9-16)17-10-6-3-7-11-17;1-2-13-17(14-18,15-9-5-3-6-10-15)16-11-7-4-8-12-16/h2-11,15H,12-14H2,1H3;2-12H,1,13-14,18H2. The maximum Gasteiger partial charge on any atom is 0.0359 e. The van der Waals surface area contributed by atoms with Crippen molar-refractivity contribution < 1.29 is 0 Å². The first-order chi connectivity index (χ1) is 17.6. The molecule has 1 heteroatoms. The lowest BCUT2D eigenvalue weighted by atomic mass is 9.72. The van der Waals surface area contributed by atoms with Crippen molar-refractivity contribution in [2.24, 2.45) is 11.7 Å². The summed E-state index contributed by atoms with van der Waals surface area (Å²) in [6.45, 7) is 6.85. The van der Waals surface area contributed by atoms with Gasteiger partial charge in [0.1, 0.15) is 0 Å². The van der Waals surface area contributed by atoms with Crippen molar-refractivity contribution in [3.8, 4) is 0 Å². The maximum atomic E-state index is 6.11. The minimum absolute atomic E-state index is 0.162. The number of allylic oxidation sites excluding steroid dienone is 1. The Morgan fingerprint density at radius 1 is 0.750 bits per heavy atom. The Morgan fingerprint density at radius 2 is 1.17 bits per heavy atom. The van der Waals surface area contributed by atoms with Gasteiger partial charge in [-0.05, 0) is 53.9 Å². The Labute approximate surface area is 217 Å². The van der Waals surface area contributed by atoms with Crippen molar-refractivity contribution in [1.29, 1.82) is 0 Å². The molecule has 0 spiro atoms. The molecule has 1 aliphatic carbocycles. The molecular formula is C35H39N. The van der Waals surface area contributed by atoms with Crippen LogP contribution in [0.15, 0.2) is 134 Å². The molecule has 36 heavy (non-hydrogen) atoms. The third-order valence-electron chi connectivity index (χ3n) is 7.91. The van der Waals surface area contributed by atoms with Gasteiger partial charge in [0.2, 0.25) is 0 Å². The normalized spacial score (nSPS) is 16.6. The Balaban J connectivity index is 0.000000169. The number of hydrogen-bond acceptors (Lipinski definition) is 1. The topological polar surface area (TPSA) is 26.0 Å². The Morgan fingerprint density at radius 3 is 1.50 bits per heavy atom. The summed E-state index contributed by atoms with van der Waals surface area (Å²) in [7, 11) is 0. The third kappa shape index (κ3) is 5.37. The molecule has 0 aromatic heterocycles. The highest BCUT2D eigenvalue weighted by atomic mass is 14.6. The molecule has 1 aliphatic rings. The van der Waals surface area contributed by atoms with Gasteiger partial charge in [-0.25, -0.2) is 0 Å². The molecule has 0 amide bonds. The van der Waals surface area contributed by atoms with Gasteiger partial charge < -0.3 is 5.73 Å². The number of hydrogen-bond donors (Lipinski definition) is 1. The van der Waals surface area contributed by atoms with Gasteiger partial charge in [0.15, 0.2) is 0 Å². The van der Waals surface area contributed by atoms with Crippen molar-refractivity contribution >= 4 is 0 Å². The largest absolute Gasteiger partial charge is 0.329 e. The van der Waals surface area contributed by atoms with Crippen molar-refractivity contribution in [2.75, 3.05) is 6.54 Å². The van der Waals surface area contributed by atoms with Crippen molar-refractivity contribution in [3.63, 3.8) is 0 Å². The van der Waals surface area contributed by atoms with Crippen LogP contribution in [-0.4, -0.2) is 6.54 Å². The SMILES string of the molecule is C=CCC(CN)(c1ccccc1)c1ccccc1.CC1CCC(c2ccccc2)(c2ccccc2)C1. The quantitative estimate of drug-likeness (QED) is 0.268. The summed E-state index contributed by atoms with van der Waals surface area (Å²) < 4.78 is 0. The molecule has 1 atom stereocenters. The molecule has 1 saturated carbocycles. The predicted molar refractivity (Wildman–Crippen MR) is 154 cm³/mol. The zero-order valence-electron chi connectivity index (χ0n) is 21.5. The van der Waals surface area contributed by atoms with Crippen LogP contribution in [0.4, 0.5) is 0 Å². The molecule has 5 rings (SSSR count). The van der Waals surface area contributed by atoms with Crippen LogP contribution in [0.1, 0.15) is 54.9 Å². The van der Waals surface area contributed by atoms with Crippen LogP contribution in [0.2, 0.25) is 0 Å². The third-order valence-corrected chi connectivity index (χ3v) is 7.91. The lowest BCUT2D eigenvalue weighted by Gasteiger charge is -2.33. The summed E-state index contributed by atoms with van der Waals surface area (Å²) in [4.78, 5) is 0. The summed E-state index contributed by atoms with van der Waals surface area (Å²) in [5.74, 6) is 0.824. The molecule has 0 heterocycles. The van der Waals surface area contributed by atoms with Crippen LogP contribution in [-0.2, 0) is 10.8 Å². The lowest BCUT2D eigenvalue weighted by Crippen LogP contribution is -2.35. The Kier molecular flexibility index (Phi) is 8.57. The van der Waals surface area contributed by atoms with Crippen LogP contribution < -0.4 is 5.73 Å². The second kappa shape index (κ2) is 12.0. The summed E-state index contributed by atoms with van der Waals surface area (Å²) in [6, 6.07) is 43.0. The average Bonchev–Trinajstić information content (AvgIpc) is 3.37. The van der Waals surface area contributed by atoms with Crippen LogP contribution in [0.25, 0.3) is 0 Å². The molecule has 1 fully saturated rings. The van der Waals surface area contributed by atoms with Gasteiger partial charge in [0, 0.05) is 17.4 Å². The van der Waals surface area contributed by atoms with Crippen LogP contribution in [0.5, 0.6) is 0 Å². The number of nitrogens with two attached hydrogens (primary N) is 1. The fourth-order valence-corrected chi connectivity index (χ4v) is 5.98. The van der Waals surface area contributed by atoms with Crippen LogP contribution in [0, 0.1) is 5.92 Å². The summed E-state index contributed by atoms with van der Waals surface area (Å²) in [5, 5.41) is 0. The summed E-state index contributed by atoms with van der Waals surface area (Å²) in [6.07, 6.45) is 6.69. The van der Waals surface area contributed by atoms with E-state index in [0.717, 1.165) is 12.3 Å². The van der Waals surface area contributed by atoms with E-state index in [0.29, 0.717) is 6.54 Å².